The Morgan fingerprint density at radius 1 is 1.06 bits per heavy atom. The summed E-state index contributed by atoms with van der Waals surface area (Å²) < 4.78 is 7.96. The van der Waals surface area contributed by atoms with Crippen molar-refractivity contribution >= 4 is 23.4 Å². The Balaban J connectivity index is 1.70. The lowest BCUT2D eigenvalue weighted by Gasteiger charge is -2.15. The monoisotopic (exact) mass is 438 g/mol. The molecule has 3 rings (SSSR count). The Labute approximate surface area is 188 Å². The molecule has 164 valence electrons. The van der Waals surface area contributed by atoms with Crippen molar-refractivity contribution < 1.29 is 9.53 Å². The summed E-state index contributed by atoms with van der Waals surface area (Å²) in [6, 6.07) is 17.4. The van der Waals surface area contributed by atoms with E-state index in [1.54, 1.807) is 0 Å². The van der Waals surface area contributed by atoms with Gasteiger partial charge in [-0.15, -0.1) is 10.2 Å². The van der Waals surface area contributed by atoms with E-state index in [0.29, 0.717) is 12.5 Å². The van der Waals surface area contributed by atoms with Gasteiger partial charge in [-0.2, -0.15) is 0 Å². The molecule has 1 unspecified atom stereocenters. The van der Waals surface area contributed by atoms with Crippen molar-refractivity contribution in [1.29, 1.82) is 0 Å². The molecule has 1 atom stereocenters. The van der Waals surface area contributed by atoms with Crippen molar-refractivity contribution in [2.45, 2.75) is 57.7 Å². The second-order valence-electron chi connectivity index (χ2n) is 7.90. The van der Waals surface area contributed by atoms with Gasteiger partial charge in [-0.1, -0.05) is 62.0 Å². The zero-order chi connectivity index (χ0) is 22.2. The maximum Gasteiger partial charge on any atom is 0.237 e. The van der Waals surface area contributed by atoms with Gasteiger partial charge in [0.15, 0.2) is 11.0 Å². The molecular weight excluding hydrogens is 408 g/mol. The van der Waals surface area contributed by atoms with Crippen LogP contribution in [0.5, 0.6) is 5.75 Å². The Morgan fingerprint density at radius 3 is 2.48 bits per heavy atom. The van der Waals surface area contributed by atoms with E-state index in [1.165, 1.54) is 11.8 Å². The summed E-state index contributed by atoms with van der Waals surface area (Å²) >= 11 is 1.42. The van der Waals surface area contributed by atoms with E-state index in [2.05, 4.69) is 33.9 Å². The smallest absolute Gasteiger partial charge is 0.237 e. The van der Waals surface area contributed by atoms with Crippen LogP contribution in [0.2, 0.25) is 0 Å². The fraction of sp³-hybridized carbons (Fsp3) is 0.375. The molecule has 0 saturated carbocycles. The molecule has 1 amide bonds. The summed E-state index contributed by atoms with van der Waals surface area (Å²) in [4.78, 5) is 12.7. The number of anilines is 1. The number of carbonyl (C=O) groups is 1. The summed E-state index contributed by atoms with van der Waals surface area (Å²) in [5.74, 6) is 2.05. The first-order valence-electron chi connectivity index (χ1n) is 10.6. The van der Waals surface area contributed by atoms with Gasteiger partial charge in [0.05, 0.1) is 5.25 Å². The number of benzene rings is 2. The van der Waals surface area contributed by atoms with Crippen LogP contribution in [0.4, 0.5) is 5.69 Å². The van der Waals surface area contributed by atoms with Crippen LogP contribution in [-0.2, 0) is 17.9 Å². The molecule has 1 heterocycles. The fourth-order valence-electron chi connectivity index (χ4n) is 2.95. The zero-order valence-electron chi connectivity index (χ0n) is 18.5. The molecule has 7 heteroatoms. The van der Waals surface area contributed by atoms with Crippen LogP contribution in [0.25, 0.3) is 0 Å². The first-order chi connectivity index (χ1) is 14.9. The number of carbonyl (C=O) groups excluding carboxylic acids is 1. The minimum atomic E-state index is -0.315. The first-order valence-corrected chi connectivity index (χ1v) is 11.4. The zero-order valence-corrected chi connectivity index (χ0v) is 19.4. The highest BCUT2D eigenvalue weighted by atomic mass is 32.2. The van der Waals surface area contributed by atoms with Gasteiger partial charge in [0.25, 0.3) is 0 Å². The van der Waals surface area contributed by atoms with Gasteiger partial charge in [0, 0.05) is 12.2 Å². The number of aryl methyl sites for hydroxylation is 1. The van der Waals surface area contributed by atoms with E-state index in [1.807, 2.05) is 68.4 Å². The van der Waals surface area contributed by atoms with E-state index in [9.17, 15) is 4.79 Å². The molecule has 0 aliphatic rings. The van der Waals surface area contributed by atoms with Gasteiger partial charge in [-0.3, -0.25) is 4.79 Å². The van der Waals surface area contributed by atoms with Crippen LogP contribution in [0, 0.1) is 12.8 Å². The average Bonchev–Trinajstić information content (AvgIpc) is 3.14. The number of nitrogens with zero attached hydrogens (tertiary/aromatic N) is 3. The predicted octanol–water partition coefficient (Wildman–Crippen LogP) is 5.33. The largest absolute Gasteiger partial charge is 0.486 e. The number of para-hydroxylation sites is 2. The van der Waals surface area contributed by atoms with Crippen molar-refractivity contribution in [3.8, 4) is 5.75 Å². The van der Waals surface area contributed by atoms with Crippen LogP contribution in [0.3, 0.4) is 0 Å². The van der Waals surface area contributed by atoms with E-state index in [-0.39, 0.29) is 11.2 Å². The number of hydrogen-bond donors (Lipinski definition) is 1. The van der Waals surface area contributed by atoms with E-state index >= 15 is 0 Å². The molecule has 0 spiro atoms. The number of amides is 1. The van der Waals surface area contributed by atoms with E-state index < -0.39 is 0 Å². The molecule has 0 aliphatic carbocycles. The molecule has 6 nitrogen and oxygen atoms in total. The molecule has 0 bridgehead atoms. The van der Waals surface area contributed by atoms with Crippen molar-refractivity contribution in [2.75, 3.05) is 5.32 Å². The average molecular weight is 439 g/mol. The summed E-state index contributed by atoms with van der Waals surface area (Å²) in [6.45, 7) is 9.37. The van der Waals surface area contributed by atoms with Gasteiger partial charge in [-0.25, -0.2) is 0 Å². The normalized spacial score (nSPS) is 12.0. The van der Waals surface area contributed by atoms with Gasteiger partial charge in [0.2, 0.25) is 5.91 Å². The van der Waals surface area contributed by atoms with Crippen molar-refractivity contribution in [3.05, 3.63) is 66.0 Å². The number of ether oxygens (including phenoxy) is 1. The number of hydrogen-bond acceptors (Lipinski definition) is 5. The predicted molar refractivity (Wildman–Crippen MR) is 125 cm³/mol. The Hall–Kier alpha value is -2.80. The lowest BCUT2D eigenvalue weighted by atomic mass is 10.1. The Morgan fingerprint density at radius 2 is 1.77 bits per heavy atom. The van der Waals surface area contributed by atoms with Gasteiger partial charge < -0.3 is 14.6 Å². The number of nitrogens with one attached hydrogen (secondary N) is 1. The summed E-state index contributed by atoms with van der Waals surface area (Å²) in [5.41, 5.74) is 1.87. The summed E-state index contributed by atoms with van der Waals surface area (Å²) in [7, 11) is 0. The third-order valence-electron chi connectivity index (χ3n) is 4.89. The fourth-order valence-corrected chi connectivity index (χ4v) is 3.84. The van der Waals surface area contributed by atoms with Crippen LogP contribution in [-0.4, -0.2) is 25.9 Å². The summed E-state index contributed by atoms with van der Waals surface area (Å²) in [6.07, 6.45) is 0.994. The molecule has 3 aromatic rings. The molecule has 31 heavy (non-hydrogen) atoms. The van der Waals surface area contributed by atoms with E-state index in [0.717, 1.165) is 40.9 Å². The third-order valence-corrected chi connectivity index (χ3v) is 5.97. The maximum absolute atomic E-state index is 12.7. The van der Waals surface area contributed by atoms with Crippen molar-refractivity contribution in [1.82, 2.24) is 14.8 Å². The second-order valence-corrected chi connectivity index (χ2v) is 9.21. The lowest BCUT2D eigenvalue weighted by Crippen LogP contribution is -2.23. The highest BCUT2D eigenvalue weighted by Crippen LogP contribution is 2.25. The van der Waals surface area contributed by atoms with E-state index in [4.69, 9.17) is 4.74 Å². The number of thioether (sulfide) groups is 1. The van der Waals surface area contributed by atoms with Crippen LogP contribution >= 0.6 is 11.8 Å². The molecule has 1 N–H and O–H groups in total. The SMILES string of the molecule is Cc1ccccc1NC(=O)C(C)Sc1nnc(COc2ccccc2)n1CCC(C)C. The van der Waals surface area contributed by atoms with Crippen LogP contribution in [0.15, 0.2) is 59.8 Å². The lowest BCUT2D eigenvalue weighted by molar-refractivity contribution is -0.115. The Kier molecular flexibility index (Phi) is 8.12. The van der Waals surface area contributed by atoms with Gasteiger partial charge >= 0.3 is 0 Å². The standard InChI is InChI=1S/C24H30N4O2S/c1-17(2)14-15-28-22(16-30-20-11-6-5-7-12-20)26-27-24(28)31-19(4)23(29)25-21-13-9-8-10-18(21)3/h5-13,17,19H,14-16H2,1-4H3,(H,25,29). The van der Waals surface area contributed by atoms with Gasteiger partial charge in [0.1, 0.15) is 12.4 Å². The topological polar surface area (TPSA) is 69.0 Å². The molecule has 2 aromatic carbocycles. The minimum Gasteiger partial charge on any atom is -0.486 e. The molecular formula is C24H30N4O2S. The van der Waals surface area contributed by atoms with Crippen LogP contribution < -0.4 is 10.1 Å². The van der Waals surface area contributed by atoms with Gasteiger partial charge in [-0.05, 0) is 49.9 Å². The third kappa shape index (κ3) is 6.59. The highest BCUT2D eigenvalue weighted by Gasteiger charge is 2.21. The van der Waals surface area contributed by atoms with Crippen molar-refractivity contribution in [3.63, 3.8) is 0 Å². The quantitative estimate of drug-likeness (QED) is 0.433. The number of aromatic nitrogens is 3. The highest BCUT2D eigenvalue weighted by molar-refractivity contribution is 8.00. The molecule has 0 aliphatic heterocycles. The number of rotatable bonds is 10. The molecule has 0 saturated heterocycles. The molecule has 1 aromatic heterocycles. The summed E-state index contributed by atoms with van der Waals surface area (Å²) in [5, 5.41) is 12.2. The maximum atomic E-state index is 12.7. The minimum absolute atomic E-state index is 0.0557. The van der Waals surface area contributed by atoms with Crippen molar-refractivity contribution in [2.24, 2.45) is 5.92 Å². The molecule has 0 fully saturated rings. The molecule has 0 radical (unpaired) electrons. The van der Waals surface area contributed by atoms with Crippen LogP contribution in [0.1, 0.15) is 38.6 Å². The second kappa shape index (κ2) is 11.0. The first kappa shape index (κ1) is 22.9. The Bertz CT molecular complexity index is 988.